The second-order valence-electron chi connectivity index (χ2n) is 12.4. The third-order valence-corrected chi connectivity index (χ3v) is 8.77. The zero-order valence-corrected chi connectivity index (χ0v) is 28.0. The summed E-state index contributed by atoms with van der Waals surface area (Å²) in [6.45, 7) is 6.87. The van der Waals surface area contributed by atoms with E-state index in [1.54, 1.807) is 6.92 Å². The van der Waals surface area contributed by atoms with Crippen LogP contribution < -0.4 is 5.32 Å². The molecule has 2 N–H and O–H groups in total. The van der Waals surface area contributed by atoms with E-state index in [-0.39, 0.29) is 30.6 Å². The largest absolute Gasteiger partial charge is 0.453 e. The summed E-state index contributed by atoms with van der Waals surface area (Å²) < 4.78 is 18.4. The molecule has 9 nitrogen and oxygen atoms in total. The topological polar surface area (TPSA) is 110 Å². The quantitative estimate of drug-likeness (QED) is 0.175. The minimum absolute atomic E-state index is 0.00790. The number of pyridine rings is 1. The molecule has 1 aliphatic rings. The van der Waals surface area contributed by atoms with Crippen molar-refractivity contribution in [3.63, 3.8) is 0 Å². The summed E-state index contributed by atoms with van der Waals surface area (Å²) in [5.41, 5.74) is 6.78. The highest BCUT2D eigenvalue weighted by atomic mass is 16.7. The second-order valence-corrected chi connectivity index (χ2v) is 12.4. The minimum Gasteiger partial charge on any atom is -0.453 e. The Bertz CT molecular complexity index is 1630. The molecule has 1 saturated heterocycles. The van der Waals surface area contributed by atoms with Crippen molar-refractivity contribution in [2.75, 3.05) is 20.1 Å². The van der Waals surface area contributed by atoms with E-state index in [2.05, 4.69) is 29.2 Å². The van der Waals surface area contributed by atoms with E-state index < -0.39 is 18.4 Å². The van der Waals surface area contributed by atoms with Gasteiger partial charge in [0, 0.05) is 56.4 Å². The number of hydrogen-bond acceptors (Lipinski definition) is 8. The zero-order valence-electron chi connectivity index (χ0n) is 28.0. The van der Waals surface area contributed by atoms with Gasteiger partial charge >= 0.3 is 5.97 Å². The summed E-state index contributed by atoms with van der Waals surface area (Å²) in [6.07, 6.45) is 0.925. The van der Waals surface area contributed by atoms with Gasteiger partial charge in [0.1, 0.15) is 0 Å². The fourth-order valence-electron chi connectivity index (χ4n) is 5.98. The van der Waals surface area contributed by atoms with Gasteiger partial charge in [-0.25, -0.2) is 0 Å². The van der Waals surface area contributed by atoms with Gasteiger partial charge in [-0.2, -0.15) is 0 Å². The SMILES string of the molecule is CC(=O)O[C@@H](C)C(=O)NCc1ccccc1-c1ccc([C@@H]2O[C@H](CN(C)CCc3ccccn3)[C@H](C)[C@H](c3ccc(CO)cc3)O2)cc1. The van der Waals surface area contributed by atoms with E-state index in [4.69, 9.17) is 14.2 Å². The Morgan fingerprint density at radius 1 is 0.958 bits per heavy atom. The van der Waals surface area contributed by atoms with E-state index in [0.29, 0.717) is 6.54 Å². The zero-order chi connectivity index (χ0) is 34.0. The Hall–Kier alpha value is -4.41. The van der Waals surface area contributed by atoms with Gasteiger partial charge in [-0.3, -0.25) is 14.6 Å². The molecule has 0 unspecified atom stereocenters. The lowest BCUT2D eigenvalue weighted by atomic mass is 9.90. The molecule has 252 valence electrons. The number of aliphatic hydroxyl groups is 1. The van der Waals surface area contributed by atoms with Crippen LogP contribution in [0.25, 0.3) is 11.1 Å². The average Bonchev–Trinajstić information content (AvgIpc) is 3.11. The third-order valence-electron chi connectivity index (χ3n) is 8.77. The van der Waals surface area contributed by atoms with E-state index in [9.17, 15) is 14.7 Å². The van der Waals surface area contributed by atoms with Crippen LogP contribution in [0.2, 0.25) is 0 Å². The molecule has 1 aliphatic heterocycles. The first kappa shape index (κ1) is 34.9. The van der Waals surface area contributed by atoms with Gasteiger partial charge in [0.25, 0.3) is 5.91 Å². The molecule has 0 bridgehead atoms. The van der Waals surface area contributed by atoms with Crippen molar-refractivity contribution in [3.05, 3.63) is 125 Å². The van der Waals surface area contributed by atoms with Crippen molar-refractivity contribution >= 4 is 11.9 Å². The molecule has 0 spiro atoms. The van der Waals surface area contributed by atoms with Crippen LogP contribution in [0.5, 0.6) is 0 Å². The number of hydrogen-bond donors (Lipinski definition) is 2. The molecule has 0 saturated carbocycles. The maximum atomic E-state index is 12.5. The maximum absolute atomic E-state index is 12.5. The fraction of sp³-hybridized carbons (Fsp3) is 0.359. The summed E-state index contributed by atoms with van der Waals surface area (Å²) in [7, 11) is 2.11. The first-order valence-electron chi connectivity index (χ1n) is 16.4. The lowest BCUT2D eigenvalue weighted by Crippen LogP contribution is -2.43. The number of esters is 1. The normalized spacial score (nSPS) is 19.9. The predicted molar refractivity (Wildman–Crippen MR) is 183 cm³/mol. The van der Waals surface area contributed by atoms with Gasteiger partial charge in [-0.1, -0.05) is 85.8 Å². The van der Waals surface area contributed by atoms with Crippen molar-refractivity contribution < 1.29 is 28.9 Å². The first-order valence-corrected chi connectivity index (χ1v) is 16.4. The van der Waals surface area contributed by atoms with Crippen LogP contribution in [0.15, 0.2) is 97.2 Å². The van der Waals surface area contributed by atoms with Crippen molar-refractivity contribution in [1.29, 1.82) is 0 Å². The molecule has 1 aromatic heterocycles. The highest BCUT2D eigenvalue weighted by Gasteiger charge is 2.38. The van der Waals surface area contributed by atoms with Gasteiger partial charge in [0.15, 0.2) is 12.4 Å². The van der Waals surface area contributed by atoms with Gasteiger partial charge < -0.3 is 29.5 Å². The Morgan fingerprint density at radius 3 is 2.35 bits per heavy atom. The van der Waals surface area contributed by atoms with Crippen LogP contribution in [0.1, 0.15) is 61.1 Å². The van der Waals surface area contributed by atoms with Crippen LogP contribution in [0, 0.1) is 5.92 Å². The molecule has 1 fully saturated rings. The number of carbonyl (C=O) groups is 2. The number of aliphatic hydroxyl groups excluding tert-OH is 1. The number of ether oxygens (including phenoxy) is 3. The van der Waals surface area contributed by atoms with Gasteiger partial charge in [0.2, 0.25) is 0 Å². The number of carbonyl (C=O) groups excluding carboxylic acids is 2. The van der Waals surface area contributed by atoms with Crippen molar-refractivity contribution in [2.45, 2.75) is 64.9 Å². The molecule has 48 heavy (non-hydrogen) atoms. The molecule has 1 amide bonds. The number of nitrogens with one attached hydrogen (secondary N) is 1. The summed E-state index contributed by atoms with van der Waals surface area (Å²) in [6, 6.07) is 30.0. The van der Waals surface area contributed by atoms with Crippen molar-refractivity contribution in [1.82, 2.24) is 15.2 Å². The molecule has 3 aromatic carbocycles. The Labute approximate surface area is 282 Å². The predicted octanol–water partition coefficient (Wildman–Crippen LogP) is 5.77. The van der Waals surface area contributed by atoms with Crippen LogP contribution in [-0.2, 0) is 43.4 Å². The van der Waals surface area contributed by atoms with Crippen LogP contribution >= 0.6 is 0 Å². The number of benzene rings is 3. The lowest BCUT2D eigenvalue weighted by molar-refractivity contribution is -0.275. The highest BCUT2D eigenvalue weighted by molar-refractivity contribution is 5.83. The number of likely N-dealkylation sites (N-methyl/N-ethyl adjacent to an activating group) is 1. The minimum atomic E-state index is -0.868. The Morgan fingerprint density at radius 2 is 1.67 bits per heavy atom. The number of amides is 1. The Kier molecular flexibility index (Phi) is 12.1. The van der Waals surface area contributed by atoms with E-state index in [0.717, 1.165) is 58.6 Å². The molecule has 5 rings (SSSR count). The average molecular weight is 652 g/mol. The Balaban J connectivity index is 1.32. The molecular weight excluding hydrogens is 606 g/mol. The number of aromatic nitrogens is 1. The van der Waals surface area contributed by atoms with Gasteiger partial charge in [0.05, 0.1) is 18.8 Å². The van der Waals surface area contributed by atoms with E-state index >= 15 is 0 Å². The summed E-state index contributed by atoms with van der Waals surface area (Å²) in [4.78, 5) is 30.5. The molecule has 0 radical (unpaired) electrons. The molecule has 0 aliphatic carbocycles. The van der Waals surface area contributed by atoms with Crippen LogP contribution in [0.4, 0.5) is 0 Å². The van der Waals surface area contributed by atoms with Crippen LogP contribution in [0.3, 0.4) is 0 Å². The molecule has 2 heterocycles. The standard InChI is InChI=1S/C39H45N3O6/c1-26-36(24-42(4)22-20-34-10-7-8-21-40-34)47-39(48-37(26)31-14-12-29(25-43)13-15-31)32-18-16-30(17-19-32)35-11-6-5-9-33(35)23-41-38(45)27(2)46-28(3)44/h5-19,21,26-27,36-37,39,43H,20,22-25H2,1-4H3,(H,41,45)/t26-,27-,36+,37+,39+/m0/s1. The lowest BCUT2D eigenvalue weighted by Gasteiger charge is -2.42. The number of nitrogens with zero attached hydrogens (tertiary/aromatic N) is 2. The van der Waals surface area contributed by atoms with Crippen molar-refractivity contribution in [2.24, 2.45) is 5.92 Å². The monoisotopic (exact) mass is 651 g/mol. The summed E-state index contributed by atoms with van der Waals surface area (Å²) in [5, 5.41) is 12.5. The number of rotatable bonds is 13. The smallest absolute Gasteiger partial charge is 0.303 e. The third kappa shape index (κ3) is 9.14. The van der Waals surface area contributed by atoms with Crippen molar-refractivity contribution in [3.8, 4) is 11.1 Å². The van der Waals surface area contributed by atoms with E-state index in [1.807, 2.05) is 97.2 Å². The van der Waals surface area contributed by atoms with Gasteiger partial charge in [-0.05, 0) is 53.9 Å². The molecule has 5 atom stereocenters. The van der Waals surface area contributed by atoms with Gasteiger partial charge in [-0.15, -0.1) is 0 Å². The molecule has 9 heteroatoms. The summed E-state index contributed by atoms with van der Waals surface area (Å²) >= 11 is 0. The molecular formula is C39H45N3O6. The highest BCUT2D eigenvalue weighted by Crippen LogP contribution is 2.42. The van der Waals surface area contributed by atoms with E-state index in [1.165, 1.54) is 6.92 Å². The second kappa shape index (κ2) is 16.6. The maximum Gasteiger partial charge on any atom is 0.303 e. The molecule has 4 aromatic rings. The first-order chi connectivity index (χ1) is 23.2. The summed E-state index contributed by atoms with van der Waals surface area (Å²) in [5.74, 6) is -0.777. The van der Waals surface area contributed by atoms with Crippen LogP contribution in [-0.4, -0.2) is 59.2 Å². The fourth-order valence-corrected chi connectivity index (χ4v) is 5.98.